The third kappa shape index (κ3) is 4.43. The molecule has 2 fully saturated rings. The van der Waals surface area contributed by atoms with Crippen LogP contribution >= 0.6 is 12.4 Å². The van der Waals surface area contributed by atoms with Crippen LogP contribution in [0, 0.1) is 11.8 Å². The number of nitrogens with zero attached hydrogens (tertiary/aromatic N) is 4. The highest BCUT2D eigenvalue weighted by molar-refractivity contribution is 5.85. The zero-order valence-corrected chi connectivity index (χ0v) is 12.9. The largest absolute Gasteiger partial charge is 0.317 e. The van der Waals surface area contributed by atoms with Crippen molar-refractivity contribution in [1.82, 2.24) is 25.0 Å². The van der Waals surface area contributed by atoms with E-state index in [4.69, 9.17) is 0 Å². The third-order valence-corrected chi connectivity index (χ3v) is 4.59. The number of hydrogen-bond acceptors (Lipinski definition) is 4. The molecule has 6 heteroatoms. The van der Waals surface area contributed by atoms with Gasteiger partial charge in [0.1, 0.15) is 12.7 Å². The number of hydrogen-bond donors (Lipinski definition) is 1. The molecule has 0 aliphatic carbocycles. The molecule has 3 heterocycles. The molecule has 114 valence electrons. The van der Waals surface area contributed by atoms with Gasteiger partial charge in [-0.2, -0.15) is 5.10 Å². The summed E-state index contributed by atoms with van der Waals surface area (Å²) in [5.41, 5.74) is 0. The zero-order chi connectivity index (χ0) is 12.9. The summed E-state index contributed by atoms with van der Waals surface area (Å²) in [4.78, 5) is 6.69. The van der Waals surface area contributed by atoms with Crippen LogP contribution in [0.4, 0.5) is 0 Å². The molecule has 0 bridgehead atoms. The Morgan fingerprint density at radius 2 is 1.70 bits per heavy atom. The highest BCUT2D eigenvalue weighted by Gasteiger charge is 2.22. The minimum absolute atomic E-state index is 0. The Morgan fingerprint density at radius 3 is 2.35 bits per heavy atom. The first-order valence-electron chi connectivity index (χ1n) is 7.65. The molecule has 2 aliphatic heterocycles. The predicted molar refractivity (Wildman–Crippen MR) is 82.0 cm³/mol. The Morgan fingerprint density at radius 1 is 1.00 bits per heavy atom. The predicted octanol–water partition coefficient (Wildman–Crippen LogP) is 1.41. The van der Waals surface area contributed by atoms with Crippen LogP contribution in [0.15, 0.2) is 12.7 Å². The van der Waals surface area contributed by atoms with E-state index in [0.29, 0.717) is 0 Å². The summed E-state index contributed by atoms with van der Waals surface area (Å²) in [6.45, 7) is 7.33. The average molecular weight is 300 g/mol. The minimum Gasteiger partial charge on any atom is -0.317 e. The second-order valence-corrected chi connectivity index (χ2v) is 6.05. The Hall–Kier alpha value is -0.650. The monoisotopic (exact) mass is 299 g/mol. The molecule has 0 saturated carbocycles. The van der Waals surface area contributed by atoms with E-state index in [0.717, 1.165) is 18.4 Å². The van der Waals surface area contributed by atoms with E-state index in [9.17, 15) is 0 Å². The van der Waals surface area contributed by atoms with Crippen molar-refractivity contribution in [2.45, 2.75) is 32.2 Å². The standard InChI is InChI=1S/C14H25N5.ClH/c1-5-15-6-2-13(1)9-18-7-3-14(4-8-18)10-19-12-16-11-17-19;/h11-15H,1-10H2;1H. The van der Waals surface area contributed by atoms with Crippen molar-refractivity contribution in [3.63, 3.8) is 0 Å². The van der Waals surface area contributed by atoms with Gasteiger partial charge in [0.05, 0.1) is 0 Å². The molecule has 5 nitrogen and oxygen atoms in total. The smallest absolute Gasteiger partial charge is 0.137 e. The highest BCUT2D eigenvalue weighted by atomic mass is 35.5. The van der Waals surface area contributed by atoms with E-state index >= 15 is 0 Å². The maximum Gasteiger partial charge on any atom is 0.137 e. The van der Waals surface area contributed by atoms with Gasteiger partial charge in [-0.25, -0.2) is 4.98 Å². The number of rotatable bonds is 4. The topological polar surface area (TPSA) is 46.0 Å². The molecule has 20 heavy (non-hydrogen) atoms. The lowest BCUT2D eigenvalue weighted by Crippen LogP contribution is -2.40. The van der Waals surface area contributed by atoms with Crippen LogP contribution in [-0.4, -0.2) is 52.4 Å². The summed E-state index contributed by atoms with van der Waals surface area (Å²) in [7, 11) is 0. The second kappa shape index (κ2) is 7.96. The fourth-order valence-corrected chi connectivity index (χ4v) is 3.37. The normalized spacial score (nSPS) is 22.6. The van der Waals surface area contributed by atoms with Crippen LogP contribution in [0.1, 0.15) is 25.7 Å². The summed E-state index contributed by atoms with van der Waals surface area (Å²) < 4.78 is 1.98. The van der Waals surface area contributed by atoms with Gasteiger partial charge < -0.3 is 10.2 Å². The van der Waals surface area contributed by atoms with Gasteiger partial charge in [-0.3, -0.25) is 4.68 Å². The number of nitrogens with one attached hydrogen (secondary N) is 1. The van der Waals surface area contributed by atoms with Crippen molar-refractivity contribution in [3.05, 3.63) is 12.7 Å². The molecule has 0 unspecified atom stereocenters. The van der Waals surface area contributed by atoms with Crippen molar-refractivity contribution in [2.24, 2.45) is 11.8 Å². The van der Waals surface area contributed by atoms with E-state index in [1.165, 1.54) is 58.4 Å². The molecule has 2 saturated heterocycles. The Balaban J connectivity index is 0.00000147. The van der Waals surface area contributed by atoms with Gasteiger partial charge in [-0.05, 0) is 63.7 Å². The molecule has 0 radical (unpaired) electrons. The first-order chi connectivity index (χ1) is 9.40. The lowest BCUT2D eigenvalue weighted by molar-refractivity contribution is 0.140. The summed E-state index contributed by atoms with van der Waals surface area (Å²) in [5.74, 6) is 1.71. The van der Waals surface area contributed by atoms with Gasteiger partial charge in [0, 0.05) is 13.1 Å². The van der Waals surface area contributed by atoms with Crippen LogP contribution in [0.2, 0.25) is 0 Å². The first-order valence-corrected chi connectivity index (χ1v) is 7.65. The van der Waals surface area contributed by atoms with Crippen LogP contribution < -0.4 is 5.32 Å². The van der Waals surface area contributed by atoms with Crippen molar-refractivity contribution in [2.75, 3.05) is 32.7 Å². The maximum atomic E-state index is 4.21. The average Bonchev–Trinajstić information content (AvgIpc) is 2.95. The highest BCUT2D eigenvalue weighted by Crippen LogP contribution is 2.21. The van der Waals surface area contributed by atoms with E-state index in [2.05, 4.69) is 20.3 Å². The lowest BCUT2D eigenvalue weighted by atomic mass is 9.93. The lowest BCUT2D eigenvalue weighted by Gasteiger charge is -2.35. The number of halogens is 1. The van der Waals surface area contributed by atoms with Crippen LogP contribution in [-0.2, 0) is 6.54 Å². The van der Waals surface area contributed by atoms with Gasteiger partial charge in [-0.1, -0.05) is 0 Å². The van der Waals surface area contributed by atoms with Crippen molar-refractivity contribution < 1.29 is 0 Å². The van der Waals surface area contributed by atoms with Crippen molar-refractivity contribution in [3.8, 4) is 0 Å². The molecule has 0 amide bonds. The van der Waals surface area contributed by atoms with Gasteiger partial charge in [-0.15, -0.1) is 12.4 Å². The van der Waals surface area contributed by atoms with E-state index in [-0.39, 0.29) is 12.4 Å². The molecule has 0 spiro atoms. The van der Waals surface area contributed by atoms with Gasteiger partial charge in [0.15, 0.2) is 0 Å². The van der Waals surface area contributed by atoms with Crippen LogP contribution in [0.25, 0.3) is 0 Å². The molecule has 2 aliphatic rings. The SMILES string of the molecule is Cl.c1ncn(CC2CCN(CC3CCNCC3)CC2)n1. The Kier molecular flexibility index (Phi) is 6.26. The number of piperidine rings is 2. The molecule has 0 aromatic carbocycles. The third-order valence-electron chi connectivity index (χ3n) is 4.59. The number of likely N-dealkylation sites (tertiary alicyclic amines) is 1. The second-order valence-electron chi connectivity index (χ2n) is 6.05. The first kappa shape index (κ1) is 15.7. The van der Waals surface area contributed by atoms with Crippen LogP contribution in [0.5, 0.6) is 0 Å². The molecule has 3 rings (SSSR count). The van der Waals surface area contributed by atoms with Crippen molar-refractivity contribution in [1.29, 1.82) is 0 Å². The molecular weight excluding hydrogens is 274 g/mol. The number of aromatic nitrogens is 3. The molecule has 1 aromatic heterocycles. The van der Waals surface area contributed by atoms with E-state index < -0.39 is 0 Å². The molecular formula is C14H26ClN5. The Bertz CT molecular complexity index is 356. The Labute approximate surface area is 127 Å². The van der Waals surface area contributed by atoms with Gasteiger partial charge >= 0.3 is 0 Å². The van der Waals surface area contributed by atoms with E-state index in [1.54, 1.807) is 6.33 Å². The minimum atomic E-state index is 0. The molecule has 0 atom stereocenters. The zero-order valence-electron chi connectivity index (χ0n) is 12.1. The van der Waals surface area contributed by atoms with Crippen LogP contribution in [0.3, 0.4) is 0 Å². The van der Waals surface area contributed by atoms with Gasteiger partial charge in [0.2, 0.25) is 0 Å². The van der Waals surface area contributed by atoms with Crippen molar-refractivity contribution >= 4 is 12.4 Å². The fraction of sp³-hybridized carbons (Fsp3) is 0.857. The van der Waals surface area contributed by atoms with E-state index in [1.807, 2.05) is 11.0 Å². The molecule has 1 aromatic rings. The van der Waals surface area contributed by atoms with Gasteiger partial charge in [0.25, 0.3) is 0 Å². The summed E-state index contributed by atoms with van der Waals surface area (Å²) in [6.07, 6.45) is 8.81. The molecule has 1 N–H and O–H groups in total. The fourth-order valence-electron chi connectivity index (χ4n) is 3.37. The quantitative estimate of drug-likeness (QED) is 0.913. The summed E-state index contributed by atoms with van der Waals surface area (Å²) in [5, 5.41) is 7.66. The summed E-state index contributed by atoms with van der Waals surface area (Å²) in [6, 6.07) is 0. The maximum absolute atomic E-state index is 4.21. The summed E-state index contributed by atoms with van der Waals surface area (Å²) >= 11 is 0.